The van der Waals surface area contributed by atoms with E-state index in [9.17, 15) is 9.59 Å². The minimum atomic E-state index is -0.248. The van der Waals surface area contributed by atoms with Gasteiger partial charge in [0.25, 0.3) is 11.5 Å². The molecule has 7 nitrogen and oxygen atoms in total. The SMILES string of the molecule is Cc1c(NC(=O)c2ccc(C(C)(C)C)cc2)cccc1-c1cn(C)c(=O)c(N(c2ccccc2)c2cccnc2)n1. The number of aromatic nitrogens is 3. The molecule has 0 atom stereocenters. The van der Waals surface area contributed by atoms with Crippen molar-refractivity contribution in [2.45, 2.75) is 33.1 Å². The summed E-state index contributed by atoms with van der Waals surface area (Å²) in [4.78, 5) is 37.6. The van der Waals surface area contributed by atoms with Gasteiger partial charge in [-0.3, -0.25) is 19.5 Å². The molecule has 0 aliphatic rings. The highest BCUT2D eigenvalue weighted by atomic mass is 16.1. The summed E-state index contributed by atoms with van der Waals surface area (Å²) < 4.78 is 1.53. The molecule has 5 rings (SSSR count). The first-order valence-electron chi connectivity index (χ1n) is 13.5. The highest BCUT2D eigenvalue weighted by molar-refractivity contribution is 6.05. The molecule has 0 spiro atoms. The Balaban J connectivity index is 1.53. The lowest BCUT2D eigenvalue weighted by Crippen LogP contribution is -2.27. The molecule has 5 aromatic rings. The molecule has 0 fully saturated rings. The van der Waals surface area contributed by atoms with Gasteiger partial charge in [0.05, 0.1) is 17.6 Å². The minimum absolute atomic E-state index is 0.00860. The second kappa shape index (κ2) is 11.2. The maximum Gasteiger partial charge on any atom is 0.294 e. The maximum atomic E-state index is 13.5. The quantitative estimate of drug-likeness (QED) is 0.246. The predicted octanol–water partition coefficient (Wildman–Crippen LogP) is 7.17. The lowest BCUT2D eigenvalue weighted by atomic mass is 9.86. The molecule has 3 aromatic carbocycles. The van der Waals surface area contributed by atoms with Crippen LogP contribution < -0.4 is 15.8 Å². The van der Waals surface area contributed by atoms with Crippen molar-refractivity contribution in [1.29, 1.82) is 0 Å². The van der Waals surface area contributed by atoms with Crippen LogP contribution in [0.5, 0.6) is 0 Å². The summed E-state index contributed by atoms with van der Waals surface area (Å²) in [7, 11) is 1.71. The number of nitrogens with one attached hydrogen (secondary N) is 1. The molecule has 7 heteroatoms. The molecule has 1 N–H and O–H groups in total. The van der Waals surface area contributed by atoms with E-state index >= 15 is 0 Å². The van der Waals surface area contributed by atoms with E-state index in [1.807, 2.05) is 91.9 Å². The van der Waals surface area contributed by atoms with Crippen molar-refractivity contribution in [3.05, 3.63) is 131 Å². The van der Waals surface area contributed by atoms with Crippen molar-refractivity contribution in [2.75, 3.05) is 10.2 Å². The van der Waals surface area contributed by atoms with E-state index in [-0.39, 0.29) is 22.7 Å². The third-order valence-electron chi connectivity index (χ3n) is 7.06. The number of hydrogen-bond donors (Lipinski definition) is 1. The minimum Gasteiger partial charge on any atom is -0.322 e. The lowest BCUT2D eigenvalue weighted by Gasteiger charge is -2.24. The van der Waals surface area contributed by atoms with Crippen LogP contribution in [0.15, 0.2) is 108 Å². The third-order valence-corrected chi connectivity index (χ3v) is 7.06. The Bertz CT molecular complexity index is 1700. The van der Waals surface area contributed by atoms with Crippen LogP contribution in [0.2, 0.25) is 0 Å². The Hall–Kier alpha value is -5.04. The number of anilines is 4. The number of para-hydroxylation sites is 1. The van der Waals surface area contributed by atoms with Crippen LogP contribution in [0.4, 0.5) is 22.9 Å². The normalized spacial score (nSPS) is 11.2. The number of carbonyl (C=O) groups excluding carboxylic acids is 1. The highest BCUT2D eigenvalue weighted by Crippen LogP contribution is 2.33. The highest BCUT2D eigenvalue weighted by Gasteiger charge is 2.21. The zero-order chi connectivity index (χ0) is 29.1. The fraction of sp³-hybridized carbons (Fsp3) is 0.176. The number of aryl methyl sites for hydroxylation is 1. The van der Waals surface area contributed by atoms with Gasteiger partial charge in [0.15, 0.2) is 0 Å². The lowest BCUT2D eigenvalue weighted by molar-refractivity contribution is 0.102. The molecular formula is C34H33N5O2. The summed E-state index contributed by atoms with van der Waals surface area (Å²) in [5.74, 6) is 0.0589. The number of amides is 1. The van der Waals surface area contributed by atoms with Gasteiger partial charge in [0, 0.05) is 41.9 Å². The Labute approximate surface area is 240 Å². The Morgan fingerprint density at radius 2 is 1.59 bits per heavy atom. The molecular weight excluding hydrogens is 510 g/mol. The molecule has 2 heterocycles. The van der Waals surface area contributed by atoms with E-state index in [1.165, 1.54) is 10.1 Å². The Kier molecular flexibility index (Phi) is 7.53. The van der Waals surface area contributed by atoms with Crippen molar-refractivity contribution in [3.63, 3.8) is 0 Å². The van der Waals surface area contributed by atoms with Crippen molar-refractivity contribution in [1.82, 2.24) is 14.5 Å². The van der Waals surface area contributed by atoms with E-state index in [1.54, 1.807) is 30.5 Å². The zero-order valence-corrected chi connectivity index (χ0v) is 23.9. The second-order valence-electron chi connectivity index (χ2n) is 11.0. The topological polar surface area (TPSA) is 80.1 Å². The van der Waals surface area contributed by atoms with E-state index in [0.717, 1.165) is 22.5 Å². The average molecular weight is 544 g/mol. The van der Waals surface area contributed by atoms with Crippen molar-refractivity contribution < 1.29 is 4.79 Å². The smallest absolute Gasteiger partial charge is 0.294 e. The molecule has 0 saturated carbocycles. The number of hydrogen-bond acceptors (Lipinski definition) is 5. The first-order valence-corrected chi connectivity index (χ1v) is 13.5. The zero-order valence-electron chi connectivity index (χ0n) is 23.9. The summed E-state index contributed by atoms with van der Waals surface area (Å²) in [5, 5.41) is 3.06. The van der Waals surface area contributed by atoms with Crippen LogP contribution in [0.1, 0.15) is 42.3 Å². The van der Waals surface area contributed by atoms with Gasteiger partial charge in [-0.25, -0.2) is 4.98 Å². The number of nitrogens with zero attached hydrogens (tertiary/aromatic N) is 4. The number of carbonyl (C=O) groups is 1. The van der Waals surface area contributed by atoms with Crippen molar-refractivity contribution in [3.8, 4) is 11.3 Å². The van der Waals surface area contributed by atoms with Gasteiger partial charge >= 0.3 is 0 Å². The van der Waals surface area contributed by atoms with E-state index in [2.05, 4.69) is 31.1 Å². The summed E-state index contributed by atoms with van der Waals surface area (Å²) in [6.07, 6.45) is 5.12. The number of rotatable bonds is 6. The molecule has 0 bridgehead atoms. The molecule has 1 amide bonds. The predicted molar refractivity (Wildman–Crippen MR) is 165 cm³/mol. The summed E-state index contributed by atoms with van der Waals surface area (Å²) >= 11 is 0. The summed E-state index contributed by atoms with van der Waals surface area (Å²) in [6.45, 7) is 8.37. The molecule has 206 valence electrons. The standard InChI is InChI=1S/C34H33N5O2/c1-23-28(14-9-15-29(23)37-32(40)24-16-18-25(19-17-24)34(2,3)4)30-22-38(5)33(41)31(36-30)39(26-11-7-6-8-12-26)27-13-10-20-35-21-27/h6-22H,1-5H3,(H,37,40). The van der Waals surface area contributed by atoms with Gasteiger partial charge in [-0.2, -0.15) is 0 Å². The average Bonchev–Trinajstić information content (AvgIpc) is 2.97. The monoisotopic (exact) mass is 543 g/mol. The number of benzene rings is 3. The van der Waals surface area contributed by atoms with Crippen LogP contribution in [-0.4, -0.2) is 20.4 Å². The largest absolute Gasteiger partial charge is 0.322 e. The molecule has 0 radical (unpaired) electrons. The van der Waals surface area contributed by atoms with Gasteiger partial charge in [0.2, 0.25) is 5.82 Å². The van der Waals surface area contributed by atoms with Crippen molar-refractivity contribution in [2.24, 2.45) is 7.05 Å². The third kappa shape index (κ3) is 5.79. The van der Waals surface area contributed by atoms with Crippen LogP contribution in [0.25, 0.3) is 11.3 Å². The Morgan fingerprint density at radius 1 is 0.878 bits per heavy atom. The van der Waals surface area contributed by atoms with Crippen molar-refractivity contribution >= 4 is 28.8 Å². The molecule has 2 aromatic heterocycles. The van der Waals surface area contributed by atoms with E-state index < -0.39 is 0 Å². The van der Waals surface area contributed by atoms with Crippen LogP contribution >= 0.6 is 0 Å². The molecule has 0 saturated heterocycles. The van der Waals surface area contributed by atoms with Gasteiger partial charge in [-0.15, -0.1) is 0 Å². The Morgan fingerprint density at radius 3 is 2.24 bits per heavy atom. The maximum absolute atomic E-state index is 13.5. The second-order valence-corrected chi connectivity index (χ2v) is 11.0. The summed E-state index contributed by atoms with van der Waals surface area (Å²) in [6, 6.07) is 26.7. The van der Waals surface area contributed by atoms with Crippen LogP contribution in [-0.2, 0) is 12.5 Å². The first kappa shape index (κ1) is 27.5. The van der Waals surface area contributed by atoms with Crippen LogP contribution in [0, 0.1) is 6.92 Å². The molecule has 41 heavy (non-hydrogen) atoms. The van der Waals surface area contributed by atoms with Gasteiger partial charge < -0.3 is 9.88 Å². The fourth-order valence-electron chi connectivity index (χ4n) is 4.69. The van der Waals surface area contributed by atoms with Gasteiger partial charge in [0.1, 0.15) is 0 Å². The number of pyridine rings is 1. The fourth-order valence-corrected chi connectivity index (χ4v) is 4.69. The molecule has 0 aliphatic carbocycles. The molecule has 0 unspecified atom stereocenters. The van der Waals surface area contributed by atoms with E-state index in [4.69, 9.17) is 4.98 Å². The molecule has 0 aliphatic heterocycles. The van der Waals surface area contributed by atoms with E-state index in [0.29, 0.717) is 16.9 Å². The van der Waals surface area contributed by atoms with Gasteiger partial charge in [-0.1, -0.05) is 63.2 Å². The van der Waals surface area contributed by atoms with Crippen LogP contribution in [0.3, 0.4) is 0 Å². The van der Waals surface area contributed by atoms with Gasteiger partial charge in [-0.05, 0) is 65.9 Å². The first-order chi connectivity index (χ1) is 19.6. The summed E-state index contributed by atoms with van der Waals surface area (Å²) in [5.41, 5.74) is 5.95.